The van der Waals surface area contributed by atoms with Gasteiger partial charge in [-0.3, -0.25) is 14.9 Å². The van der Waals surface area contributed by atoms with E-state index in [2.05, 4.69) is 5.32 Å². The molecule has 1 aromatic rings. The summed E-state index contributed by atoms with van der Waals surface area (Å²) in [5.74, 6) is 0. The van der Waals surface area contributed by atoms with Crippen molar-refractivity contribution in [1.82, 2.24) is 0 Å². The Morgan fingerprint density at radius 2 is 2.06 bits per heavy atom. The SMILES string of the molecule is CS(=O)(=O)c1ccc(NC=O)c([N+](=O)[O-])c1. The molecule has 1 amide bonds. The summed E-state index contributed by atoms with van der Waals surface area (Å²) in [6.07, 6.45) is 1.22. The van der Waals surface area contributed by atoms with E-state index in [4.69, 9.17) is 0 Å². The molecule has 0 atom stereocenters. The van der Waals surface area contributed by atoms with Crippen LogP contribution in [0.3, 0.4) is 0 Å². The molecule has 0 heterocycles. The lowest BCUT2D eigenvalue weighted by Gasteiger charge is -2.03. The van der Waals surface area contributed by atoms with E-state index in [0.29, 0.717) is 0 Å². The zero-order valence-electron chi connectivity index (χ0n) is 8.21. The maximum atomic E-state index is 11.2. The van der Waals surface area contributed by atoms with Gasteiger partial charge < -0.3 is 5.32 Å². The Labute approximate surface area is 91.2 Å². The second-order valence-electron chi connectivity index (χ2n) is 2.97. The minimum atomic E-state index is -3.51. The molecule has 0 spiro atoms. The number of hydrogen-bond acceptors (Lipinski definition) is 5. The average molecular weight is 244 g/mol. The maximum absolute atomic E-state index is 11.2. The smallest absolute Gasteiger partial charge is 0.294 e. The highest BCUT2D eigenvalue weighted by molar-refractivity contribution is 7.90. The molecular formula is C8H8N2O5S. The summed E-state index contributed by atoms with van der Waals surface area (Å²) < 4.78 is 22.3. The first-order valence-corrected chi connectivity index (χ1v) is 5.94. The summed E-state index contributed by atoms with van der Waals surface area (Å²) in [7, 11) is -3.51. The Balaban J connectivity index is 3.39. The van der Waals surface area contributed by atoms with Crippen LogP contribution >= 0.6 is 0 Å². The molecule has 0 aliphatic rings. The van der Waals surface area contributed by atoms with Crippen LogP contribution in [-0.2, 0) is 14.6 Å². The molecule has 16 heavy (non-hydrogen) atoms. The van der Waals surface area contributed by atoms with E-state index in [0.717, 1.165) is 12.3 Å². The predicted octanol–water partition coefficient (Wildman–Crippen LogP) is 0.567. The fourth-order valence-electron chi connectivity index (χ4n) is 1.08. The van der Waals surface area contributed by atoms with Gasteiger partial charge in [0, 0.05) is 12.3 Å². The Kier molecular flexibility index (Phi) is 3.23. The monoisotopic (exact) mass is 244 g/mol. The van der Waals surface area contributed by atoms with E-state index >= 15 is 0 Å². The van der Waals surface area contributed by atoms with Crippen molar-refractivity contribution in [2.45, 2.75) is 4.90 Å². The van der Waals surface area contributed by atoms with E-state index < -0.39 is 20.4 Å². The summed E-state index contributed by atoms with van der Waals surface area (Å²) in [4.78, 5) is 19.9. The van der Waals surface area contributed by atoms with E-state index in [1.807, 2.05) is 0 Å². The number of benzene rings is 1. The first-order chi connectivity index (χ1) is 7.36. The van der Waals surface area contributed by atoms with Gasteiger partial charge in [-0.05, 0) is 12.1 Å². The first kappa shape index (κ1) is 12.1. The lowest BCUT2D eigenvalue weighted by molar-refractivity contribution is -0.384. The Bertz CT molecular complexity index is 537. The zero-order chi connectivity index (χ0) is 12.3. The standard InChI is InChI=1S/C8H8N2O5S/c1-16(14,15)6-2-3-7(9-5-11)8(4-6)10(12)13/h2-5H,1H3,(H,9,11). The molecule has 0 aliphatic heterocycles. The predicted molar refractivity (Wildman–Crippen MR) is 55.9 cm³/mol. The highest BCUT2D eigenvalue weighted by Crippen LogP contribution is 2.26. The van der Waals surface area contributed by atoms with Crippen molar-refractivity contribution in [2.75, 3.05) is 11.6 Å². The number of hydrogen-bond donors (Lipinski definition) is 1. The van der Waals surface area contributed by atoms with Crippen LogP contribution < -0.4 is 5.32 Å². The summed E-state index contributed by atoms with van der Waals surface area (Å²) in [5.41, 5.74) is -0.512. The number of anilines is 1. The number of nitrogens with one attached hydrogen (secondary N) is 1. The zero-order valence-corrected chi connectivity index (χ0v) is 9.02. The molecule has 8 heteroatoms. The van der Waals surface area contributed by atoms with Gasteiger partial charge in [0.2, 0.25) is 6.41 Å². The molecular weight excluding hydrogens is 236 g/mol. The largest absolute Gasteiger partial charge is 0.323 e. The highest BCUT2D eigenvalue weighted by atomic mass is 32.2. The normalized spacial score (nSPS) is 10.8. The summed E-state index contributed by atoms with van der Waals surface area (Å²) in [5, 5.41) is 12.7. The Morgan fingerprint density at radius 1 is 1.44 bits per heavy atom. The molecule has 0 aliphatic carbocycles. The molecule has 1 rings (SSSR count). The van der Waals surface area contributed by atoms with Crippen LogP contribution in [0.25, 0.3) is 0 Å². The number of rotatable bonds is 4. The molecule has 0 saturated heterocycles. The first-order valence-electron chi connectivity index (χ1n) is 4.05. The molecule has 0 bridgehead atoms. The average Bonchev–Trinajstić information content (AvgIpc) is 2.16. The Morgan fingerprint density at radius 3 is 2.50 bits per heavy atom. The van der Waals surface area contributed by atoms with Gasteiger partial charge in [-0.1, -0.05) is 0 Å². The number of carbonyl (C=O) groups excluding carboxylic acids is 1. The van der Waals surface area contributed by atoms with Crippen LogP contribution in [0.2, 0.25) is 0 Å². The van der Waals surface area contributed by atoms with E-state index in [9.17, 15) is 23.3 Å². The molecule has 0 unspecified atom stereocenters. The van der Waals surface area contributed by atoms with E-state index in [1.54, 1.807) is 0 Å². The lowest BCUT2D eigenvalue weighted by atomic mass is 10.3. The van der Waals surface area contributed by atoms with Crippen molar-refractivity contribution in [3.63, 3.8) is 0 Å². The third kappa shape index (κ3) is 2.54. The van der Waals surface area contributed by atoms with Gasteiger partial charge in [0.1, 0.15) is 5.69 Å². The van der Waals surface area contributed by atoms with Crippen LogP contribution in [0.1, 0.15) is 0 Å². The molecule has 0 radical (unpaired) electrons. The second-order valence-corrected chi connectivity index (χ2v) is 4.99. The third-order valence-corrected chi connectivity index (χ3v) is 2.92. The molecule has 7 nitrogen and oxygen atoms in total. The minimum absolute atomic E-state index is 0.0487. The van der Waals surface area contributed by atoms with Gasteiger partial charge >= 0.3 is 0 Å². The Hall–Kier alpha value is -1.96. The van der Waals surface area contributed by atoms with Gasteiger partial charge in [0.15, 0.2) is 9.84 Å². The van der Waals surface area contributed by atoms with E-state index in [-0.39, 0.29) is 17.0 Å². The van der Waals surface area contributed by atoms with Crippen molar-refractivity contribution >= 4 is 27.6 Å². The second kappa shape index (κ2) is 4.27. The van der Waals surface area contributed by atoms with Crippen molar-refractivity contribution in [2.24, 2.45) is 0 Å². The lowest BCUT2D eigenvalue weighted by Crippen LogP contribution is -2.03. The van der Waals surface area contributed by atoms with Crippen LogP contribution in [0.5, 0.6) is 0 Å². The van der Waals surface area contributed by atoms with Crippen LogP contribution in [0, 0.1) is 10.1 Å². The van der Waals surface area contributed by atoms with Crippen LogP contribution in [0.4, 0.5) is 11.4 Å². The molecule has 0 saturated carbocycles. The number of amides is 1. The maximum Gasteiger partial charge on any atom is 0.294 e. The minimum Gasteiger partial charge on any atom is -0.323 e. The molecule has 86 valence electrons. The third-order valence-electron chi connectivity index (χ3n) is 1.81. The highest BCUT2D eigenvalue weighted by Gasteiger charge is 2.18. The van der Waals surface area contributed by atoms with Crippen LogP contribution in [-0.4, -0.2) is 26.0 Å². The molecule has 0 fully saturated rings. The molecule has 1 aromatic carbocycles. The van der Waals surface area contributed by atoms with Gasteiger partial charge in [-0.15, -0.1) is 0 Å². The van der Waals surface area contributed by atoms with Crippen LogP contribution in [0.15, 0.2) is 23.1 Å². The fourth-order valence-corrected chi connectivity index (χ4v) is 1.72. The van der Waals surface area contributed by atoms with E-state index in [1.165, 1.54) is 12.1 Å². The topological polar surface area (TPSA) is 106 Å². The fraction of sp³-hybridized carbons (Fsp3) is 0.125. The molecule has 1 N–H and O–H groups in total. The number of nitro benzene ring substituents is 1. The van der Waals surface area contributed by atoms with Crippen molar-refractivity contribution in [3.05, 3.63) is 28.3 Å². The summed E-state index contributed by atoms with van der Waals surface area (Å²) in [6, 6.07) is 3.26. The number of nitro groups is 1. The summed E-state index contributed by atoms with van der Waals surface area (Å²) >= 11 is 0. The van der Waals surface area contributed by atoms with Crippen molar-refractivity contribution < 1.29 is 18.1 Å². The van der Waals surface area contributed by atoms with Gasteiger partial charge in [-0.25, -0.2) is 8.42 Å². The molecule has 0 aromatic heterocycles. The number of nitrogens with zero attached hydrogens (tertiary/aromatic N) is 1. The quantitative estimate of drug-likeness (QED) is 0.473. The van der Waals surface area contributed by atoms with Gasteiger partial charge in [-0.2, -0.15) is 0 Å². The van der Waals surface area contributed by atoms with Gasteiger partial charge in [0.25, 0.3) is 5.69 Å². The number of carbonyl (C=O) groups is 1. The van der Waals surface area contributed by atoms with Crippen molar-refractivity contribution in [1.29, 1.82) is 0 Å². The number of sulfone groups is 1. The van der Waals surface area contributed by atoms with Crippen molar-refractivity contribution in [3.8, 4) is 0 Å². The van der Waals surface area contributed by atoms with Gasteiger partial charge in [0.05, 0.1) is 9.82 Å². The summed E-state index contributed by atoms with van der Waals surface area (Å²) in [6.45, 7) is 0.